The number of hydrogen-bond acceptors (Lipinski definition) is 4. The number of furan rings is 1. The van der Waals surface area contributed by atoms with E-state index in [1.54, 1.807) is 24.5 Å². The van der Waals surface area contributed by atoms with Gasteiger partial charge >= 0.3 is 0 Å². The second kappa shape index (κ2) is 4.84. The summed E-state index contributed by atoms with van der Waals surface area (Å²) in [6.07, 6.45) is 4.56. The Bertz CT molecular complexity index is 691. The lowest BCUT2D eigenvalue weighted by Crippen LogP contribution is -2.30. The Morgan fingerprint density at radius 2 is 2.19 bits per heavy atom. The molecule has 108 valence electrons. The number of para-hydroxylation sites is 1. The molecular weight excluding hydrogens is 270 g/mol. The highest BCUT2D eigenvalue weighted by molar-refractivity contribution is 5.98. The number of carbonyl (C=O) groups is 1. The van der Waals surface area contributed by atoms with Gasteiger partial charge in [-0.2, -0.15) is 0 Å². The van der Waals surface area contributed by atoms with Crippen molar-refractivity contribution in [3.63, 3.8) is 0 Å². The van der Waals surface area contributed by atoms with Crippen LogP contribution in [0.1, 0.15) is 40.6 Å². The van der Waals surface area contributed by atoms with Crippen LogP contribution >= 0.6 is 0 Å². The molecule has 0 spiro atoms. The van der Waals surface area contributed by atoms with Crippen LogP contribution in [-0.4, -0.2) is 12.7 Å². The summed E-state index contributed by atoms with van der Waals surface area (Å²) >= 11 is 0. The van der Waals surface area contributed by atoms with E-state index in [2.05, 4.69) is 5.32 Å². The standard InChI is InChI=1S/C16H15NO4/c18-16(11-3-1-6-14-15(11)21-9-20-14)17-12-4-2-5-13-10(12)7-8-19-13/h1,3,6-8,12H,2,4-5,9H2,(H,17,18). The number of fused-ring (bicyclic) bond motifs is 2. The van der Waals surface area contributed by atoms with Crippen LogP contribution in [0.15, 0.2) is 34.9 Å². The summed E-state index contributed by atoms with van der Waals surface area (Å²) in [6, 6.07) is 7.29. The highest BCUT2D eigenvalue weighted by Gasteiger charge is 2.27. The van der Waals surface area contributed by atoms with Gasteiger partial charge < -0.3 is 19.2 Å². The van der Waals surface area contributed by atoms with Crippen molar-refractivity contribution >= 4 is 5.91 Å². The predicted octanol–water partition coefficient (Wildman–Crippen LogP) is 2.82. The molecule has 1 aliphatic carbocycles. The summed E-state index contributed by atoms with van der Waals surface area (Å²) in [5, 5.41) is 3.07. The summed E-state index contributed by atoms with van der Waals surface area (Å²) in [5.41, 5.74) is 1.60. The van der Waals surface area contributed by atoms with Gasteiger partial charge in [-0.3, -0.25) is 4.79 Å². The minimum Gasteiger partial charge on any atom is -0.469 e. The molecule has 4 rings (SSSR count). The van der Waals surface area contributed by atoms with Gasteiger partial charge in [-0.05, 0) is 31.0 Å². The largest absolute Gasteiger partial charge is 0.469 e. The van der Waals surface area contributed by atoms with Crippen LogP contribution in [0.25, 0.3) is 0 Å². The van der Waals surface area contributed by atoms with Crippen LogP contribution in [-0.2, 0) is 6.42 Å². The third kappa shape index (κ3) is 2.05. The summed E-state index contributed by atoms with van der Waals surface area (Å²) in [7, 11) is 0. The van der Waals surface area contributed by atoms with Gasteiger partial charge in [0.25, 0.3) is 5.91 Å². The van der Waals surface area contributed by atoms with E-state index in [1.807, 2.05) is 6.07 Å². The third-order valence-corrected chi connectivity index (χ3v) is 4.00. The highest BCUT2D eigenvalue weighted by atomic mass is 16.7. The Morgan fingerprint density at radius 3 is 3.14 bits per heavy atom. The van der Waals surface area contributed by atoms with Crippen LogP contribution in [0.3, 0.4) is 0 Å². The van der Waals surface area contributed by atoms with Gasteiger partial charge in [-0.25, -0.2) is 0 Å². The van der Waals surface area contributed by atoms with Crippen LogP contribution in [0.2, 0.25) is 0 Å². The first kappa shape index (κ1) is 12.3. The lowest BCUT2D eigenvalue weighted by molar-refractivity contribution is 0.0927. The second-order valence-electron chi connectivity index (χ2n) is 5.26. The molecular formula is C16H15NO4. The smallest absolute Gasteiger partial charge is 0.255 e. The molecule has 0 fully saturated rings. The molecule has 5 heteroatoms. The Hall–Kier alpha value is -2.43. The van der Waals surface area contributed by atoms with Crippen molar-refractivity contribution in [2.75, 3.05) is 6.79 Å². The van der Waals surface area contributed by atoms with Crippen molar-refractivity contribution in [3.8, 4) is 11.5 Å². The first-order valence-corrected chi connectivity index (χ1v) is 7.08. The van der Waals surface area contributed by atoms with Crippen molar-refractivity contribution < 1.29 is 18.7 Å². The maximum absolute atomic E-state index is 12.5. The van der Waals surface area contributed by atoms with E-state index >= 15 is 0 Å². The number of aryl methyl sites for hydroxylation is 1. The van der Waals surface area contributed by atoms with Crippen LogP contribution in [0.4, 0.5) is 0 Å². The fourth-order valence-corrected chi connectivity index (χ4v) is 2.98. The Balaban J connectivity index is 1.59. The van der Waals surface area contributed by atoms with Crippen molar-refractivity contribution in [2.24, 2.45) is 0 Å². The fourth-order valence-electron chi connectivity index (χ4n) is 2.98. The molecule has 1 aromatic heterocycles. The molecule has 2 heterocycles. The zero-order valence-corrected chi connectivity index (χ0v) is 11.4. The maximum atomic E-state index is 12.5. The Morgan fingerprint density at radius 1 is 1.24 bits per heavy atom. The molecule has 0 bridgehead atoms. The van der Waals surface area contributed by atoms with Gasteiger partial charge in [0.15, 0.2) is 11.5 Å². The number of amides is 1. The van der Waals surface area contributed by atoms with Crippen molar-refractivity contribution in [1.82, 2.24) is 5.32 Å². The summed E-state index contributed by atoms with van der Waals surface area (Å²) in [4.78, 5) is 12.5. The number of ether oxygens (including phenoxy) is 2. The van der Waals surface area contributed by atoms with Gasteiger partial charge in [0.05, 0.1) is 17.9 Å². The second-order valence-corrected chi connectivity index (χ2v) is 5.26. The zero-order chi connectivity index (χ0) is 14.2. The van der Waals surface area contributed by atoms with E-state index in [4.69, 9.17) is 13.9 Å². The van der Waals surface area contributed by atoms with E-state index in [0.29, 0.717) is 17.1 Å². The molecule has 5 nitrogen and oxygen atoms in total. The molecule has 1 N–H and O–H groups in total. The molecule has 0 saturated carbocycles. The lowest BCUT2D eigenvalue weighted by atomic mass is 9.93. The molecule has 1 aromatic carbocycles. The molecule has 2 aromatic rings. The average Bonchev–Trinajstić information content (AvgIpc) is 3.15. The van der Waals surface area contributed by atoms with Crippen LogP contribution in [0, 0.1) is 0 Å². The average molecular weight is 285 g/mol. The molecule has 2 aliphatic rings. The summed E-state index contributed by atoms with van der Waals surface area (Å²) in [6.45, 7) is 0.162. The minimum absolute atomic E-state index is 0.00169. The highest BCUT2D eigenvalue weighted by Crippen LogP contribution is 2.36. The zero-order valence-electron chi connectivity index (χ0n) is 11.4. The van der Waals surface area contributed by atoms with Crippen LogP contribution < -0.4 is 14.8 Å². The molecule has 21 heavy (non-hydrogen) atoms. The lowest BCUT2D eigenvalue weighted by Gasteiger charge is -2.23. The molecule has 1 atom stereocenters. The molecule has 0 radical (unpaired) electrons. The number of rotatable bonds is 2. The molecule has 1 amide bonds. The van der Waals surface area contributed by atoms with Gasteiger partial charge in [0.1, 0.15) is 5.76 Å². The first-order chi connectivity index (χ1) is 10.3. The fraction of sp³-hybridized carbons (Fsp3) is 0.312. The van der Waals surface area contributed by atoms with Crippen molar-refractivity contribution in [3.05, 3.63) is 47.4 Å². The normalized spacial score (nSPS) is 19.1. The van der Waals surface area contributed by atoms with Crippen molar-refractivity contribution in [2.45, 2.75) is 25.3 Å². The number of nitrogens with one attached hydrogen (secondary N) is 1. The summed E-state index contributed by atoms with van der Waals surface area (Å²) in [5.74, 6) is 1.98. The van der Waals surface area contributed by atoms with E-state index < -0.39 is 0 Å². The molecule has 0 saturated heterocycles. The van der Waals surface area contributed by atoms with Gasteiger partial charge in [0, 0.05) is 12.0 Å². The Kier molecular flexibility index (Phi) is 2.84. The van der Waals surface area contributed by atoms with E-state index in [-0.39, 0.29) is 18.7 Å². The quantitative estimate of drug-likeness (QED) is 0.921. The van der Waals surface area contributed by atoms with Gasteiger partial charge in [0.2, 0.25) is 6.79 Å². The van der Waals surface area contributed by atoms with Gasteiger partial charge in [-0.15, -0.1) is 0 Å². The maximum Gasteiger partial charge on any atom is 0.255 e. The van der Waals surface area contributed by atoms with E-state index in [1.165, 1.54) is 0 Å². The Labute approximate surface area is 121 Å². The van der Waals surface area contributed by atoms with Crippen molar-refractivity contribution in [1.29, 1.82) is 0 Å². The monoisotopic (exact) mass is 285 g/mol. The topological polar surface area (TPSA) is 60.7 Å². The van der Waals surface area contributed by atoms with Gasteiger partial charge in [-0.1, -0.05) is 6.07 Å². The predicted molar refractivity (Wildman–Crippen MR) is 74.4 cm³/mol. The number of carbonyl (C=O) groups excluding carboxylic acids is 1. The van der Waals surface area contributed by atoms with Crippen LogP contribution in [0.5, 0.6) is 11.5 Å². The number of hydrogen-bond donors (Lipinski definition) is 1. The number of benzene rings is 1. The van der Waals surface area contributed by atoms with E-state index in [0.717, 1.165) is 30.6 Å². The molecule has 1 unspecified atom stereocenters. The third-order valence-electron chi connectivity index (χ3n) is 4.00. The minimum atomic E-state index is -0.142. The molecule has 1 aliphatic heterocycles. The first-order valence-electron chi connectivity index (χ1n) is 7.08. The van der Waals surface area contributed by atoms with E-state index in [9.17, 15) is 4.79 Å². The summed E-state index contributed by atoms with van der Waals surface area (Å²) < 4.78 is 16.2. The SMILES string of the molecule is O=C(NC1CCCc2occc21)c1cccc2c1OCO2.